The van der Waals surface area contributed by atoms with E-state index in [0.717, 1.165) is 40.1 Å². The van der Waals surface area contributed by atoms with Gasteiger partial charge < -0.3 is 15.5 Å². The molecule has 1 amide bonds. The zero-order valence-electron chi connectivity index (χ0n) is 18.4. The van der Waals surface area contributed by atoms with E-state index in [-0.39, 0.29) is 5.91 Å². The number of aromatic nitrogens is 1. The number of anilines is 3. The first kappa shape index (κ1) is 20.7. The van der Waals surface area contributed by atoms with Crippen molar-refractivity contribution in [1.29, 1.82) is 0 Å². The topological polar surface area (TPSA) is 57.3 Å². The van der Waals surface area contributed by atoms with Crippen LogP contribution in [0.2, 0.25) is 0 Å². The number of nitrogens with zero attached hydrogens (tertiary/aromatic N) is 2. The zero-order chi connectivity index (χ0) is 22.0. The molecule has 1 heterocycles. The van der Waals surface area contributed by atoms with Crippen LogP contribution in [0.15, 0.2) is 66.7 Å². The molecular weight excluding hydrogens is 384 g/mol. The number of benzene rings is 2. The molecule has 0 fully saturated rings. The number of hydrogen-bond donors (Lipinski definition) is 2. The SMILES string of the molecule is CC(C)CNc1cccc2c3cccc(NC(=O)c4ccccc4N(C)C)cc-3nc12. The summed E-state index contributed by atoms with van der Waals surface area (Å²) in [7, 11) is 3.87. The van der Waals surface area contributed by atoms with E-state index in [1.807, 2.05) is 61.5 Å². The predicted octanol–water partition coefficient (Wildman–Crippen LogP) is 5.73. The summed E-state index contributed by atoms with van der Waals surface area (Å²) in [6.45, 7) is 5.26. The highest BCUT2D eigenvalue weighted by Crippen LogP contribution is 2.35. The Morgan fingerprint density at radius 2 is 1.77 bits per heavy atom. The van der Waals surface area contributed by atoms with E-state index in [9.17, 15) is 4.79 Å². The highest BCUT2D eigenvalue weighted by atomic mass is 16.1. The van der Waals surface area contributed by atoms with E-state index in [0.29, 0.717) is 17.2 Å². The van der Waals surface area contributed by atoms with Crippen molar-refractivity contribution in [3.05, 3.63) is 72.3 Å². The maximum Gasteiger partial charge on any atom is 0.257 e. The Kier molecular flexibility index (Phi) is 5.76. The fourth-order valence-electron chi connectivity index (χ4n) is 3.72. The molecule has 2 N–H and O–H groups in total. The maximum atomic E-state index is 13.0. The molecule has 0 unspecified atom stereocenters. The monoisotopic (exact) mass is 412 g/mol. The number of rotatable bonds is 6. The van der Waals surface area contributed by atoms with Crippen molar-refractivity contribution in [3.63, 3.8) is 0 Å². The van der Waals surface area contributed by atoms with E-state index in [4.69, 9.17) is 4.98 Å². The van der Waals surface area contributed by atoms with Crippen molar-refractivity contribution >= 4 is 33.9 Å². The Labute approximate surface area is 183 Å². The van der Waals surface area contributed by atoms with Gasteiger partial charge in [0.2, 0.25) is 0 Å². The summed E-state index contributed by atoms with van der Waals surface area (Å²) in [6, 6.07) is 21.7. The fourth-order valence-corrected chi connectivity index (χ4v) is 3.72. The van der Waals surface area contributed by atoms with Gasteiger partial charge in [-0.15, -0.1) is 0 Å². The predicted molar refractivity (Wildman–Crippen MR) is 130 cm³/mol. The summed E-state index contributed by atoms with van der Waals surface area (Å²) >= 11 is 0. The van der Waals surface area contributed by atoms with Crippen LogP contribution < -0.4 is 15.5 Å². The first-order valence-electron chi connectivity index (χ1n) is 10.6. The molecule has 5 nitrogen and oxygen atoms in total. The lowest BCUT2D eigenvalue weighted by Gasteiger charge is -2.16. The maximum absolute atomic E-state index is 13.0. The molecule has 1 aliphatic carbocycles. The molecule has 4 rings (SSSR count). The quantitative estimate of drug-likeness (QED) is 0.425. The lowest BCUT2D eigenvalue weighted by Crippen LogP contribution is -2.18. The third-order valence-electron chi connectivity index (χ3n) is 5.25. The van der Waals surface area contributed by atoms with E-state index in [1.54, 1.807) is 0 Å². The number of carbonyl (C=O) groups excluding carboxylic acids is 1. The number of para-hydroxylation sites is 2. The Morgan fingerprint density at radius 3 is 2.55 bits per heavy atom. The van der Waals surface area contributed by atoms with Crippen molar-refractivity contribution in [2.24, 2.45) is 5.92 Å². The van der Waals surface area contributed by atoms with Gasteiger partial charge in [0, 0.05) is 43.0 Å². The molecule has 2 aliphatic rings. The van der Waals surface area contributed by atoms with E-state index in [2.05, 4.69) is 48.7 Å². The Bertz CT molecular complexity index is 1200. The first-order valence-corrected chi connectivity index (χ1v) is 10.6. The average Bonchev–Trinajstić information content (AvgIpc) is 2.97. The summed E-state index contributed by atoms with van der Waals surface area (Å²) in [4.78, 5) is 19.8. The number of hydrogen-bond acceptors (Lipinski definition) is 4. The zero-order valence-corrected chi connectivity index (χ0v) is 18.4. The standard InChI is InChI=1S/C26H28N4O/c1-17(2)16-27-22-13-8-12-20-19-11-7-9-18(15-23(19)29-25(20)22)28-26(31)21-10-5-6-14-24(21)30(3)4/h5-15,17,27H,16H2,1-4H3,(H,28,31). The Balaban J connectivity index is 1.69. The summed E-state index contributed by atoms with van der Waals surface area (Å²) in [5, 5.41) is 7.65. The Hall–Kier alpha value is -3.60. The van der Waals surface area contributed by atoms with Gasteiger partial charge in [-0.3, -0.25) is 4.79 Å². The molecule has 0 atom stereocenters. The molecule has 5 heteroatoms. The van der Waals surface area contributed by atoms with Crippen molar-refractivity contribution in [1.82, 2.24) is 4.98 Å². The van der Waals surface area contributed by atoms with Crippen LogP contribution >= 0.6 is 0 Å². The summed E-state index contributed by atoms with van der Waals surface area (Å²) in [5.41, 5.74) is 6.15. The third kappa shape index (κ3) is 4.31. The minimum Gasteiger partial charge on any atom is -0.383 e. The summed E-state index contributed by atoms with van der Waals surface area (Å²) in [6.07, 6.45) is 0. The normalized spacial score (nSPS) is 11.1. The van der Waals surface area contributed by atoms with Crippen LogP contribution in [-0.4, -0.2) is 31.5 Å². The van der Waals surface area contributed by atoms with Gasteiger partial charge in [0.25, 0.3) is 5.91 Å². The molecule has 0 bridgehead atoms. The fraction of sp³-hybridized carbons (Fsp3) is 0.231. The molecule has 0 radical (unpaired) electrons. The molecule has 158 valence electrons. The number of fused-ring (bicyclic) bond motifs is 3. The Morgan fingerprint density at radius 1 is 1.00 bits per heavy atom. The number of amides is 1. The van der Waals surface area contributed by atoms with Crippen LogP contribution in [0.3, 0.4) is 0 Å². The minimum absolute atomic E-state index is 0.140. The lowest BCUT2D eigenvalue weighted by atomic mass is 10.1. The first-order chi connectivity index (χ1) is 14.9. The largest absolute Gasteiger partial charge is 0.383 e. The van der Waals surface area contributed by atoms with E-state index >= 15 is 0 Å². The van der Waals surface area contributed by atoms with Crippen molar-refractivity contribution in [2.75, 3.05) is 36.2 Å². The van der Waals surface area contributed by atoms with Gasteiger partial charge >= 0.3 is 0 Å². The smallest absolute Gasteiger partial charge is 0.257 e. The summed E-state index contributed by atoms with van der Waals surface area (Å²) < 4.78 is 0. The van der Waals surface area contributed by atoms with Crippen LogP contribution in [0.5, 0.6) is 0 Å². The summed E-state index contributed by atoms with van der Waals surface area (Å²) in [5.74, 6) is 0.406. The molecular formula is C26H28N4O. The second-order valence-electron chi connectivity index (χ2n) is 8.38. The number of carbonyl (C=O) groups is 1. The molecule has 31 heavy (non-hydrogen) atoms. The second-order valence-corrected chi connectivity index (χ2v) is 8.38. The molecule has 1 aliphatic heterocycles. The number of nitrogens with one attached hydrogen (secondary N) is 2. The lowest BCUT2D eigenvalue weighted by molar-refractivity contribution is 0.102. The molecule has 2 aromatic carbocycles. The molecule has 0 saturated heterocycles. The molecule has 2 aromatic rings. The van der Waals surface area contributed by atoms with E-state index in [1.165, 1.54) is 0 Å². The minimum atomic E-state index is -0.140. The van der Waals surface area contributed by atoms with Gasteiger partial charge in [-0.1, -0.05) is 50.2 Å². The van der Waals surface area contributed by atoms with Gasteiger partial charge in [0.15, 0.2) is 0 Å². The molecule has 0 saturated carbocycles. The van der Waals surface area contributed by atoms with Crippen LogP contribution in [0.1, 0.15) is 24.2 Å². The van der Waals surface area contributed by atoms with Crippen LogP contribution in [0.4, 0.5) is 17.1 Å². The van der Waals surface area contributed by atoms with Gasteiger partial charge in [0.05, 0.1) is 22.5 Å². The highest BCUT2D eigenvalue weighted by Gasteiger charge is 2.16. The van der Waals surface area contributed by atoms with Gasteiger partial charge in [0.1, 0.15) is 0 Å². The highest BCUT2D eigenvalue weighted by molar-refractivity contribution is 6.09. The molecule has 0 aromatic heterocycles. The van der Waals surface area contributed by atoms with Crippen molar-refractivity contribution in [3.8, 4) is 11.3 Å². The van der Waals surface area contributed by atoms with Gasteiger partial charge in [-0.05, 0) is 36.2 Å². The molecule has 0 spiro atoms. The van der Waals surface area contributed by atoms with Crippen molar-refractivity contribution < 1.29 is 4.79 Å². The van der Waals surface area contributed by atoms with Gasteiger partial charge in [-0.25, -0.2) is 4.98 Å². The van der Waals surface area contributed by atoms with Crippen LogP contribution in [-0.2, 0) is 0 Å². The van der Waals surface area contributed by atoms with E-state index < -0.39 is 0 Å². The average molecular weight is 413 g/mol. The van der Waals surface area contributed by atoms with Crippen molar-refractivity contribution in [2.45, 2.75) is 13.8 Å². The van der Waals surface area contributed by atoms with Crippen LogP contribution in [0, 0.1) is 5.92 Å². The second kappa shape index (κ2) is 8.64. The van der Waals surface area contributed by atoms with Crippen LogP contribution in [0.25, 0.3) is 22.2 Å². The van der Waals surface area contributed by atoms with Gasteiger partial charge in [-0.2, -0.15) is 0 Å². The third-order valence-corrected chi connectivity index (χ3v) is 5.25.